The molecule has 90 valence electrons. The highest BCUT2D eigenvalue weighted by Gasteiger charge is 2.40. The highest BCUT2D eigenvalue weighted by atomic mass is 32.1. The van der Waals surface area contributed by atoms with Crippen LogP contribution in [0.1, 0.15) is 25.0 Å². The van der Waals surface area contributed by atoms with Gasteiger partial charge in [0, 0.05) is 30.4 Å². The van der Waals surface area contributed by atoms with Gasteiger partial charge in [0.1, 0.15) is 0 Å². The van der Waals surface area contributed by atoms with Crippen molar-refractivity contribution in [1.82, 2.24) is 14.7 Å². The molecule has 3 unspecified atom stereocenters. The molecule has 0 amide bonds. The Morgan fingerprint density at radius 3 is 3.29 bits per heavy atom. The lowest BCUT2D eigenvalue weighted by Gasteiger charge is -2.19. The molecule has 17 heavy (non-hydrogen) atoms. The maximum atomic E-state index is 5.83. The lowest BCUT2D eigenvalue weighted by molar-refractivity contribution is 0.0972. The molecule has 4 heterocycles. The van der Waals surface area contributed by atoms with E-state index in [1.807, 2.05) is 0 Å². The van der Waals surface area contributed by atoms with Crippen molar-refractivity contribution in [1.29, 1.82) is 0 Å². The van der Waals surface area contributed by atoms with Gasteiger partial charge < -0.3 is 10.1 Å². The van der Waals surface area contributed by atoms with Gasteiger partial charge in [-0.25, -0.2) is 4.98 Å². The molecule has 0 aliphatic carbocycles. The van der Waals surface area contributed by atoms with Crippen molar-refractivity contribution in [2.45, 2.75) is 44.1 Å². The summed E-state index contributed by atoms with van der Waals surface area (Å²) < 4.78 is 7.91. The van der Waals surface area contributed by atoms with E-state index >= 15 is 0 Å². The summed E-state index contributed by atoms with van der Waals surface area (Å²) in [6.45, 7) is 0.853. The molecule has 2 bridgehead atoms. The van der Waals surface area contributed by atoms with Gasteiger partial charge in [-0.1, -0.05) is 0 Å². The van der Waals surface area contributed by atoms with Gasteiger partial charge in [-0.05, 0) is 19.3 Å². The average Bonchev–Trinajstić information content (AvgIpc) is 3.05. The molecule has 1 N–H and O–H groups in total. The quantitative estimate of drug-likeness (QED) is 0.901. The lowest BCUT2D eigenvalue weighted by atomic mass is 9.95. The Labute approximate surface area is 104 Å². The van der Waals surface area contributed by atoms with Crippen LogP contribution in [0.15, 0.2) is 17.8 Å². The summed E-state index contributed by atoms with van der Waals surface area (Å²) in [5, 5.41) is 5.64. The SMILES string of the molecule is c1cn2cc(CNC3CC4CCC3O4)nc2s1. The minimum atomic E-state index is 0.448. The molecule has 2 fully saturated rings. The third-order valence-electron chi connectivity index (χ3n) is 3.79. The van der Waals surface area contributed by atoms with Crippen LogP contribution in [0.4, 0.5) is 0 Å². The van der Waals surface area contributed by atoms with Crippen LogP contribution in [0.5, 0.6) is 0 Å². The molecule has 4 nitrogen and oxygen atoms in total. The fraction of sp³-hybridized carbons (Fsp3) is 0.583. The average molecular weight is 249 g/mol. The Balaban J connectivity index is 1.43. The van der Waals surface area contributed by atoms with Crippen LogP contribution < -0.4 is 5.32 Å². The molecule has 0 saturated carbocycles. The van der Waals surface area contributed by atoms with Gasteiger partial charge in [0.25, 0.3) is 0 Å². The topological polar surface area (TPSA) is 38.6 Å². The number of nitrogens with zero attached hydrogens (tertiary/aromatic N) is 2. The molecule has 4 rings (SSSR count). The molecular formula is C12H15N3OS. The van der Waals surface area contributed by atoms with Crippen LogP contribution in [-0.4, -0.2) is 27.6 Å². The van der Waals surface area contributed by atoms with E-state index in [1.165, 1.54) is 19.3 Å². The number of fused-ring (bicyclic) bond motifs is 3. The smallest absolute Gasteiger partial charge is 0.193 e. The number of thiazole rings is 1. The number of nitrogens with one attached hydrogen (secondary N) is 1. The second kappa shape index (κ2) is 3.80. The minimum absolute atomic E-state index is 0.448. The second-order valence-corrected chi connectivity index (χ2v) is 5.80. The lowest BCUT2D eigenvalue weighted by Crippen LogP contribution is -2.37. The molecule has 0 spiro atoms. The summed E-state index contributed by atoms with van der Waals surface area (Å²) in [5.41, 5.74) is 1.12. The van der Waals surface area contributed by atoms with Gasteiger partial charge in [-0.3, -0.25) is 4.40 Å². The molecule has 5 heteroatoms. The van der Waals surface area contributed by atoms with Gasteiger partial charge in [-0.2, -0.15) is 0 Å². The van der Waals surface area contributed by atoms with Crippen LogP contribution in [0.3, 0.4) is 0 Å². The second-order valence-electron chi connectivity index (χ2n) is 4.92. The highest BCUT2D eigenvalue weighted by molar-refractivity contribution is 7.15. The largest absolute Gasteiger partial charge is 0.373 e. The van der Waals surface area contributed by atoms with Crippen molar-refractivity contribution in [3.63, 3.8) is 0 Å². The van der Waals surface area contributed by atoms with Crippen molar-refractivity contribution in [3.8, 4) is 0 Å². The summed E-state index contributed by atoms with van der Waals surface area (Å²) in [7, 11) is 0. The van der Waals surface area contributed by atoms with Crippen molar-refractivity contribution in [2.75, 3.05) is 0 Å². The summed E-state index contributed by atoms with van der Waals surface area (Å²) in [4.78, 5) is 5.65. The van der Waals surface area contributed by atoms with E-state index in [1.54, 1.807) is 11.3 Å². The Morgan fingerprint density at radius 1 is 1.53 bits per heavy atom. The first kappa shape index (κ1) is 10.1. The van der Waals surface area contributed by atoms with Crippen LogP contribution in [0, 0.1) is 0 Å². The van der Waals surface area contributed by atoms with Crippen LogP contribution in [0.25, 0.3) is 4.96 Å². The Bertz CT molecular complexity index is 506. The molecule has 2 aliphatic rings. The van der Waals surface area contributed by atoms with Gasteiger partial charge in [-0.15, -0.1) is 11.3 Å². The van der Waals surface area contributed by atoms with E-state index in [2.05, 4.69) is 32.5 Å². The number of rotatable bonds is 3. The van der Waals surface area contributed by atoms with Gasteiger partial charge in [0.15, 0.2) is 4.96 Å². The molecule has 2 aromatic heterocycles. The molecule has 2 saturated heterocycles. The van der Waals surface area contributed by atoms with Gasteiger partial charge in [0.2, 0.25) is 0 Å². The number of aromatic nitrogens is 2. The third-order valence-corrected chi connectivity index (χ3v) is 4.57. The standard InChI is InChI=1S/C12H15N3OS/c1-2-11-10(5-9(1)16-11)13-6-8-7-15-3-4-17-12(15)14-8/h3-4,7,9-11,13H,1-2,5-6H2. The normalized spacial score (nSPS) is 31.6. The summed E-state index contributed by atoms with van der Waals surface area (Å²) in [6, 6.07) is 0.536. The monoisotopic (exact) mass is 249 g/mol. The first-order valence-electron chi connectivity index (χ1n) is 6.18. The van der Waals surface area contributed by atoms with Crippen molar-refractivity contribution in [3.05, 3.63) is 23.5 Å². The van der Waals surface area contributed by atoms with Gasteiger partial charge >= 0.3 is 0 Å². The summed E-state index contributed by atoms with van der Waals surface area (Å²) in [6.07, 6.45) is 8.77. The predicted octanol–water partition coefficient (Wildman–Crippen LogP) is 1.81. The van der Waals surface area contributed by atoms with Crippen LogP contribution >= 0.6 is 11.3 Å². The number of hydrogen-bond acceptors (Lipinski definition) is 4. The van der Waals surface area contributed by atoms with E-state index in [0.717, 1.165) is 17.2 Å². The highest BCUT2D eigenvalue weighted by Crippen LogP contribution is 2.34. The fourth-order valence-electron chi connectivity index (χ4n) is 2.95. The Hall–Kier alpha value is -0.910. The van der Waals surface area contributed by atoms with Crippen molar-refractivity contribution < 1.29 is 4.74 Å². The molecule has 0 aromatic carbocycles. The number of imidazole rings is 1. The first-order valence-corrected chi connectivity index (χ1v) is 7.06. The zero-order valence-electron chi connectivity index (χ0n) is 9.50. The first-order chi connectivity index (χ1) is 8.38. The zero-order chi connectivity index (χ0) is 11.2. The third kappa shape index (κ3) is 1.69. The fourth-order valence-corrected chi connectivity index (χ4v) is 3.67. The summed E-state index contributed by atoms with van der Waals surface area (Å²) in [5.74, 6) is 0. The molecular weight excluding hydrogens is 234 g/mol. The molecule has 2 aliphatic heterocycles. The van der Waals surface area contributed by atoms with E-state index in [0.29, 0.717) is 18.2 Å². The number of hydrogen-bond donors (Lipinski definition) is 1. The van der Waals surface area contributed by atoms with E-state index in [-0.39, 0.29) is 0 Å². The number of ether oxygens (including phenoxy) is 1. The van der Waals surface area contributed by atoms with E-state index < -0.39 is 0 Å². The van der Waals surface area contributed by atoms with Crippen molar-refractivity contribution in [2.24, 2.45) is 0 Å². The van der Waals surface area contributed by atoms with Crippen molar-refractivity contribution >= 4 is 16.3 Å². The Morgan fingerprint density at radius 2 is 2.53 bits per heavy atom. The maximum Gasteiger partial charge on any atom is 0.193 e. The molecule has 2 aromatic rings. The van der Waals surface area contributed by atoms with E-state index in [4.69, 9.17) is 4.74 Å². The minimum Gasteiger partial charge on any atom is -0.373 e. The van der Waals surface area contributed by atoms with Crippen LogP contribution in [0.2, 0.25) is 0 Å². The van der Waals surface area contributed by atoms with E-state index in [9.17, 15) is 0 Å². The summed E-state index contributed by atoms with van der Waals surface area (Å²) >= 11 is 1.68. The Kier molecular flexibility index (Phi) is 2.25. The molecule has 0 radical (unpaired) electrons. The van der Waals surface area contributed by atoms with Crippen LogP contribution in [-0.2, 0) is 11.3 Å². The predicted molar refractivity (Wildman–Crippen MR) is 66.2 cm³/mol. The maximum absolute atomic E-state index is 5.83. The zero-order valence-corrected chi connectivity index (χ0v) is 10.3. The van der Waals surface area contributed by atoms with Gasteiger partial charge in [0.05, 0.1) is 17.9 Å². The molecule has 3 atom stereocenters.